The molecule has 0 heterocycles. The fourth-order valence-corrected chi connectivity index (χ4v) is 1.94. The Bertz CT molecular complexity index is 714. The quantitative estimate of drug-likeness (QED) is 0.811. The third kappa shape index (κ3) is 5.10. The number of rotatable bonds is 4. The van der Waals surface area contributed by atoms with Gasteiger partial charge in [-0.2, -0.15) is 0 Å². The van der Waals surface area contributed by atoms with E-state index < -0.39 is 11.9 Å². The Morgan fingerprint density at radius 2 is 1.70 bits per heavy atom. The van der Waals surface area contributed by atoms with Crippen LogP contribution < -0.4 is 16.0 Å². The van der Waals surface area contributed by atoms with Gasteiger partial charge in [-0.1, -0.05) is 12.1 Å². The van der Waals surface area contributed by atoms with E-state index in [2.05, 4.69) is 16.0 Å². The molecule has 0 aliphatic carbocycles. The fourth-order valence-electron chi connectivity index (χ4n) is 1.94. The minimum Gasteiger partial charge on any atom is -0.329 e. The molecule has 0 aromatic heterocycles. The molecule has 0 aliphatic rings. The molecule has 5 nitrogen and oxygen atoms in total. The molecule has 23 heavy (non-hydrogen) atoms. The van der Waals surface area contributed by atoms with Crippen molar-refractivity contribution in [2.24, 2.45) is 0 Å². The zero-order chi connectivity index (χ0) is 16.8. The van der Waals surface area contributed by atoms with Gasteiger partial charge < -0.3 is 16.0 Å². The molecule has 0 spiro atoms. The lowest BCUT2D eigenvalue weighted by Crippen LogP contribution is -2.35. The van der Waals surface area contributed by atoms with Crippen LogP contribution in [0.2, 0.25) is 0 Å². The van der Waals surface area contributed by atoms with E-state index in [0.29, 0.717) is 11.4 Å². The number of benzene rings is 2. The number of amides is 3. The summed E-state index contributed by atoms with van der Waals surface area (Å²) in [6, 6.07) is 10.6. The van der Waals surface area contributed by atoms with Crippen LogP contribution in [0.1, 0.15) is 11.1 Å². The summed E-state index contributed by atoms with van der Waals surface area (Å²) in [7, 11) is 0. The van der Waals surface area contributed by atoms with Gasteiger partial charge in [-0.05, 0) is 55.3 Å². The van der Waals surface area contributed by atoms with Gasteiger partial charge in [-0.25, -0.2) is 9.18 Å². The van der Waals surface area contributed by atoms with Crippen molar-refractivity contribution in [3.05, 3.63) is 59.4 Å². The van der Waals surface area contributed by atoms with E-state index in [4.69, 9.17) is 0 Å². The number of anilines is 2. The highest BCUT2D eigenvalue weighted by Crippen LogP contribution is 2.16. The molecule has 0 saturated carbocycles. The van der Waals surface area contributed by atoms with Crippen molar-refractivity contribution in [3.8, 4) is 0 Å². The summed E-state index contributed by atoms with van der Waals surface area (Å²) in [5.41, 5.74) is 3.12. The first-order valence-electron chi connectivity index (χ1n) is 7.11. The normalized spacial score (nSPS) is 10.0. The molecule has 0 bridgehead atoms. The Balaban J connectivity index is 1.83. The van der Waals surface area contributed by atoms with E-state index in [-0.39, 0.29) is 12.4 Å². The molecule has 0 fully saturated rings. The molecule has 0 unspecified atom stereocenters. The lowest BCUT2D eigenvalue weighted by atomic mass is 10.1. The molecule has 120 valence electrons. The maximum Gasteiger partial charge on any atom is 0.319 e. The number of nitrogens with one attached hydrogen (secondary N) is 3. The smallest absolute Gasteiger partial charge is 0.319 e. The van der Waals surface area contributed by atoms with E-state index in [0.717, 1.165) is 11.1 Å². The van der Waals surface area contributed by atoms with Crippen molar-refractivity contribution in [1.29, 1.82) is 0 Å². The molecule has 6 heteroatoms. The third-order valence-electron chi connectivity index (χ3n) is 3.18. The van der Waals surface area contributed by atoms with Crippen molar-refractivity contribution in [1.82, 2.24) is 5.32 Å². The zero-order valence-corrected chi connectivity index (χ0v) is 12.9. The summed E-state index contributed by atoms with van der Waals surface area (Å²) in [5.74, 6) is -0.776. The highest BCUT2D eigenvalue weighted by atomic mass is 19.1. The van der Waals surface area contributed by atoms with Gasteiger partial charge >= 0.3 is 6.03 Å². The van der Waals surface area contributed by atoms with E-state index in [1.165, 1.54) is 24.3 Å². The summed E-state index contributed by atoms with van der Waals surface area (Å²) >= 11 is 0. The van der Waals surface area contributed by atoms with E-state index in [1.807, 2.05) is 32.0 Å². The molecular weight excluding hydrogens is 297 g/mol. The second kappa shape index (κ2) is 7.40. The average molecular weight is 315 g/mol. The van der Waals surface area contributed by atoms with Crippen LogP contribution in [0, 0.1) is 19.7 Å². The van der Waals surface area contributed by atoms with Crippen LogP contribution in [-0.4, -0.2) is 18.5 Å². The van der Waals surface area contributed by atoms with Gasteiger partial charge in [0.2, 0.25) is 5.91 Å². The Morgan fingerprint density at radius 1 is 1.00 bits per heavy atom. The summed E-state index contributed by atoms with van der Waals surface area (Å²) in [6.45, 7) is 3.63. The van der Waals surface area contributed by atoms with E-state index in [9.17, 15) is 14.0 Å². The molecule has 3 N–H and O–H groups in total. The van der Waals surface area contributed by atoms with Gasteiger partial charge in [-0.3, -0.25) is 4.79 Å². The molecule has 0 aliphatic heterocycles. The molecule has 2 aromatic rings. The first kappa shape index (κ1) is 16.5. The van der Waals surface area contributed by atoms with Crippen molar-refractivity contribution in [3.63, 3.8) is 0 Å². The highest BCUT2D eigenvalue weighted by molar-refractivity contribution is 5.97. The van der Waals surface area contributed by atoms with Crippen LogP contribution in [0.15, 0.2) is 42.5 Å². The Hall–Kier alpha value is -2.89. The van der Waals surface area contributed by atoms with Gasteiger partial charge in [0, 0.05) is 11.4 Å². The number of carbonyl (C=O) groups excluding carboxylic acids is 2. The predicted molar refractivity (Wildman–Crippen MR) is 88.0 cm³/mol. The van der Waals surface area contributed by atoms with Crippen molar-refractivity contribution >= 4 is 23.3 Å². The van der Waals surface area contributed by atoms with E-state index >= 15 is 0 Å². The SMILES string of the molecule is Cc1ccc(C)c(NC(=O)NCC(=O)Nc2ccc(F)cc2)c1. The molecule has 0 saturated heterocycles. The number of halogens is 1. The minimum atomic E-state index is -0.465. The topological polar surface area (TPSA) is 70.2 Å². The lowest BCUT2D eigenvalue weighted by Gasteiger charge is -2.11. The monoisotopic (exact) mass is 315 g/mol. The predicted octanol–water partition coefficient (Wildman–Crippen LogP) is 3.20. The molecule has 0 radical (unpaired) electrons. The largest absolute Gasteiger partial charge is 0.329 e. The van der Waals surface area contributed by atoms with Gasteiger partial charge in [0.15, 0.2) is 0 Å². The van der Waals surface area contributed by atoms with Crippen molar-refractivity contribution in [2.45, 2.75) is 13.8 Å². The summed E-state index contributed by atoms with van der Waals surface area (Å²) < 4.78 is 12.8. The summed E-state index contributed by atoms with van der Waals surface area (Å²) in [5, 5.41) is 7.73. The maximum atomic E-state index is 12.8. The van der Waals surface area contributed by atoms with Crippen LogP contribution in [0.4, 0.5) is 20.6 Å². The van der Waals surface area contributed by atoms with Crippen LogP contribution in [0.5, 0.6) is 0 Å². The number of hydrogen-bond donors (Lipinski definition) is 3. The average Bonchev–Trinajstić information content (AvgIpc) is 2.51. The first-order chi connectivity index (χ1) is 10.9. The minimum absolute atomic E-state index is 0.186. The Morgan fingerprint density at radius 3 is 2.39 bits per heavy atom. The van der Waals surface area contributed by atoms with Crippen LogP contribution in [-0.2, 0) is 4.79 Å². The van der Waals surface area contributed by atoms with E-state index in [1.54, 1.807) is 0 Å². The lowest BCUT2D eigenvalue weighted by molar-refractivity contribution is -0.115. The second-order valence-electron chi connectivity index (χ2n) is 5.18. The Labute approximate surface area is 133 Å². The number of carbonyl (C=O) groups is 2. The van der Waals surface area contributed by atoms with Gasteiger partial charge in [-0.15, -0.1) is 0 Å². The van der Waals surface area contributed by atoms with Crippen LogP contribution in [0.3, 0.4) is 0 Å². The second-order valence-corrected chi connectivity index (χ2v) is 5.18. The number of aryl methyl sites for hydroxylation is 2. The first-order valence-corrected chi connectivity index (χ1v) is 7.11. The van der Waals surface area contributed by atoms with Crippen LogP contribution >= 0.6 is 0 Å². The molecular formula is C17H18FN3O2. The number of hydrogen-bond acceptors (Lipinski definition) is 2. The fraction of sp³-hybridized carbons (Fsp3) is 0.176. The highest BCUT2D eigenvalue weighted by Gasteiger charge is 2.07. The third-order valence-corrected chi connectivity index (χ3v) is 3.18. The zero-order valence-electron chi connectivity index (χ0n) is 12.9. The van der Waals surface area contributed by atoms with Gasteiger partial charge in [0.1, 0.15) is 5.82 Å². The number of urea groups is 1. The standard InChI is InChI=1S/C17H18FN3O2/c1-11-3-4-12(2)15(9-11)21-17(23)19-10-16(22)20-14-7-5-13(18)6-8-14/h3-9H,10H2,1-2H3,(H,20,22)(H2,19,21,23). The van der Waals surface area contributed by atoms with Crippen LogP contribution in [0.25, 0.3) is 0 Å². The van der Waals surface area contributed by atoms with Gasteiger partial charge in [0.25, 0.3) is 0 Å². The Kier molecular flexibility index (Phi) is 5.30. The molecule has 3 amide bonds. The molecule has 2 rings (SSSR count). The molecule has 0 atom stereocenters. The maximum absolute atomic E-state index is 12.8. The summed E-state index contributed by atoms with van der Waals surface area (Å²) in [4.78, 5) is 23.6. The van der Waals surface area contributed by atoms with Crippen molar-refractivity contribution in [2.75, 3.05) is 17.2 Å². The molecule has 2 aromatic carbocycles. The summed E-state index contributed by atoms with van der Waals surface area (Å²) in [6.07, 6.45) is 0. The van der Waals surface area contributed by atoms with Gasteiger partial charge in [0.05, 0.1) is 6.54 Å². The van der Waals surface area contributed by atoms with Crippen molar-refractivity contribution < 1.29 is 14.0 Å².